The van der Waals surface area contributed by atoms with E-state index in [2.05, 4.69) is 36.9 Å². The summed E-state index contributed by atoms with van der Waals surface area (Å²) in [6.07, 6.45) is 1.55. The molecule has 1 aromatic carbocycles. The Labute approximate surface area is 169 Å². The third kappa shape index (κ3) is 3.98. The second-order valence-corrected chi connectivity index (χ2v) is 7.46. The van der Waals surface area contributed by atoms with Gasteiger partial charge in [0.05, 0.1) is 13.2 Å². The lowest BCUT2D eigenvalue weighted by atomic mass is 9.95. The van der Waals surface area contributed by atoms with Gasteiger partial charge in [-0.05, 0) is 55.3 Å². The fourth-order valence-electron chi connectivity index (χ4n) is 3.78. The van der Waals surface area contributed by atoms with Gasteiger partial charge in [-0.2, -0.15) is 0 Å². The predicted octanol–water partition coefficient (Wildman–Crippen LogP) is 1.93. The number of nitrogens with zero attached hydrogens (tertiary/aromatic N) is 6. The van der Waals surface area contributed by atoms with Gasteiger partial charge in [-0.1, -0.05) is 17.7 Å². The number of methoxy groups -OCH3 is 1. The molecule has 9 nitrogen and oxygen atoms in total. The lowest BCUT2D eigenvalue weighted by Crippen LogP contribution is -2.41. The van der Waals surface area contributed by atoms with E-state index >= 15 is 0 Å². The number of anilines is 1. The van der Waals surface area contributed by atoms with Crippen LogP contribution < -0.4 is 15.0 Å². The monoisotopic (exact) mass is 395 g/mol. The molecule has 29 heavy (non-hydrogen) atoms. The zero-order valence-electron chi connectivity index (χ0n) is 16.9. The lowest BCUT2D eigenvalue weighted by molar-refractivity contribution is -0.126. The summed E-state index contributed by atoms with van der Waals surface area (Å²) in [7, 11) is 1.65. The standard InChI is InChI=1S/C20H25N7O2/c1-13-4-5-17(29-3)16(12-13)14(2)21-20(28)15-8-10-26(11-9-15)19-7-6-18-22-24-25-27(18)23-19/h4-7,12,14-15H,8-11H2,1-3H3,(H,21,28). The van der Waals surface area contributed by atoms with Gasteiger partial charge >= 0.3 is 0 Å². The van der Waals surface area contributed by atoms with Gasteiger partial charge in [-0.3, -0.25) is 4.79 Å². The van der Waals surface area contributed by atoms with E-state index in [0.717, 1.165) is 48.6 Å². The molecule has 0 aliphatic carbocycles. The van der Waals surface area contributed by atoms with Gasteiger partial charge < -0.3 is 15.0 Å². The van der Waals surface area contributed by atoms with E-state index in [1.807, 2.05) is 38.1 Å². The molecule has 1 atom stereocenters. The summed E-state index contributed by atoms with van der Waals surface area (Å²) in [5, 5.41) is 18.9. The van der Waals surface area contributed by atoms with Gasteiger partial charge in [-0.15, -0.1) is 14.8 Å². The van der Waals surface area contributed by atoms with Gasteiger partial charge in [0.1, 0.15) is 5.75 Å². The summed E-state index contributed by atoms with van der Waals surface area (Å²) >= 11 is 0. The minimum Gasteiger partial charge on any atom is -0.496 e. The van der Waals surface area contributed by atoms with Crippen LogP contribution in [-0.2, 0) is 4.79 Å². The van der Waals surface area contributed by atoms with Crippen LogP contribution in [-0.4, -0.2) is 51.4 Å². The fraction of sp³-hybridized carbons (Fsp3) is 0.450. The Morgan fingerprint density at radius 2 is 2.03 bits per heavy atom. The van der Waals surface area contributed by atoms with Crippen LogP contribution in [0.15, 0.2) is 30.3 Å². The Morgan fingerprint density at radius 3 is 2.79 bits per heavy atom. The molecule has 4 rings (SSSR count). The molecular weight excluding hydrogens is 370 g/mol. The molecule has 1 fully saturated rings. The van der Waals surface area contributed by atoms with Crippen molar-refractivity contribution in [2.75, 3.05) is 25.1 Å². The summed E-state index contributed by atoms with van der Waals surface area (Å²) in [6.45, 7) is 5.56. The molecule has 9 heteroatoms. The van der Waals surface area contributed by atoms with Gasteiger partial charge in [0, 0.05) is 24.6 Å². The summed E-state index contributed by atoms with van der Waals surface area (Å²) < 4.78 is 6.88. The molecule has 152 valence electrons. The third-order valence-electron chi connectivity index (χ3n) is 5.46. The minimum atomic E-state index is -0.112. The molecule has 1 saturated heterocycles. The number of carbonyl (C=O) groups excluding carboxylic acids is 1. The van der Waals surface area contributed by atoms with Crippen LogP contribution >= 0.6 is 0 Å². The van der Waals surface area contributed by atoms with Crippen LogP contribution in [0.5, 0.6) is 5.75 Å². The summed E-state index contributed by atoms with van der Waals surface area (Å²) in [6, 6.07) is 9.66. The summed E-state index contributed by atoms with van der Waals surface area (Å²) in [5.74, 6) is 1.69. The Kier molecular flexibility index (Phi) is 5.28. The molecule has 3 aromatic rings. The lowest BCUT2D eigenvalue weighted by Gasteiger charge is -2.32. The maximum atomic E-state index is 12.8. The number of benzene rings is 1. The number of nitrogens with one attached hydrogen (secondary N) is 1. The number of fused-ring (bicyclic) bond motifs is 1. The van der Waals surface area contributed by atoms with Gasteiger partial charge in [0.2, 0.25) is 5.91 Å². The van der Waals surface area contributed by atoms with Crippen molar-refractivity contribution >= 4 is 17.4 Å². The topological polar surface area (TPSA) is 97.5 Å². The van der Waals surface area contributed by atoms with E-state index in [1.54, 1.807) is 7.11 Å². The highest BCUT2D eigenvalue weighted by Crippen LogP contribution is 2.27. The number of amides is 1. The van der Waals surface area contributed by atoms with Gasteiger partial charge in [0.15, 0.2) is 11.5 Å². The van der Waals surface area contributed by atoms with Gasteiger partial charge in [0.25, 0.3) is 0 Å². The molecule has 0 bridgehead atoms. The molecule has 0 saturated carbocycles. The number of piperidine rings is 1. The Morgan fingerprint density at radius 1 is 1.24 bits per heavy atom. The maximum absolute atomic E-state index is 12.8. The number of aromatic nitrogens is 5. The average Bonchev–Trinajstić information content (AvgIpc) is 3.21. The van der Waals surface area contributed by atoms with Crippen molar-refractivity contribution in [3.8, 4) is 5.75 Å². The van der Waals surface area contributed by atoms with Crippen molar-refractivity contribution in [3.63, 3.8) is 0 Å². The highest BCUT2D eigenvalue weighted by molar-refractivity contribution is 5.79. The van der Waals surface area contributed by atoms with Crippen molar-refractivity contribution in [2.24, 2.45) is 5.92 Å². The predicted molar refractivity (Wildman–Crippen MR) is 108 cm³/mol. The first-order valence-electron chi connectivity index (χ1n) is 9.80. The molecule has 3 heterocycles. The Hall–Kier alpha value is -3.23. The smallest absolute Gasteiger partial charge is 0.223 e. The van der Waals surface area contributed by atoms with E-state index < -0.39 is 0 Å². The third-order valence-corrected chi connectivity index (χ3v) is 5.46. The number of carbonyl (C=O) groups is 1. The van der Waals surface area contributed by atoms with E-state index in [9.17, 15) is 4.79 Å². The minimum absolute atomic E-state index is 0.0127. The molecule has 1 N–H and O–H groups in total. The van der Waals surface area contributed by atoms with Gasteiger partial charge in [-0.25, -0.2) is 0 Å². The SMILES string of the molecule is COc1ccc(C)cc1C(C)NC(=O)C1CCN(c2ccc3nnnn3n2)CC1. The fourth-order valence-corrected chi connectivity index (χ4v) is 3.78. The van der Waals surface area contributed by atoms with Crippen LogP contribution in [0.25, 0.3) is 5.65 Å². The first-order valence-corrected chi connectivity index (χ1v) is 9.80. The molecule has 1 amide bonds. The first kappa shape index (κ1) is 19.1. The van der Waals surface area contributed by atoms with Crippen LogP contribution in [0, 0.1) is 12.8 Å². The number of hydrogen-bond acceptors (Lipinski definition) is 7. The van der Waals surface area contributed by atoms with E-state index in [0.29, 0.717) is 5.65 Å². The average molecular weight is 395 g/mol. The number of aryl methyl sites for hydroxylation is 1. The molecule has 0 radical (unpaired) electrons. The van der Waals surface area contributed by atoms with E-state index in [1.165, 1.54) is 4.63 Å². The molecule has 1 unspecified atom stereocenters. The van der Waals surface area contributed by atoms with E-state index in [-0.39, 0.29) is 17.9 Å². The number of ether oxygens (including phenoxy) is 1. The molecule has 1 aliphatic rings. The number of hydrogen-bond donors (Lipinski definition) is 1. The second kappa shape index (κ2) is 8.02. The molecular formula is C20H25N7O2. The van der Waals surface area contributed by atoms with Crippen molar-refractivity contribution in [1.29, 1.82) is 0 Å². The largest absolute Gasteiger partial charge is 0.496 e. The molecule has 0 spiro atoms. The van der Waals surface area contributed by atoms with Crippen LogP contribution in [0.3, 0.4) is 0 Å². The Bertz CT molecular complexity index is 1010. The number of tetrazole rings is 1. The zero-order valence-corrected chi connectivity index (χ0v) is 16.9. The highest BCUT2D eigenvalue weighted by atomic mass is 16.5. The van der Waals surface area contributed by atoms with Crippen LogP contribution in [0.1, 0.15) is 36.9 Å². The van der Waals surface area contributed by atoms with Crippen molar-refractivity contribution < 1.29 is 9.53 Å². The summed E-state index contributed by atoms with van der Waals surface area (Å²) in [4.78, 5) is 15.0. The maximum Gasteiger partial charge on any atom is 0.223 e. The molecule has 2 aromatic heterocycles. The highest BCUT2D eigenvalue weighted by Gasteiger charge is 2.27. The zero-order chi connectivity index (χ0) is 20.4. The van der Waals surface area contributed by atoms with Crippen molar-refractivity contribution in [3.05, 3.63) is 41.5 Å². The van der Waals surface area contributed by atoms with Crippen molar-refractivity contribution in [2.45, 2.75) is 32.7 Å². The van der Waals surface area contributed by atoms with Crippen LogP contribution in [0.4, 0.5) is 5.82 Å². The molecule has 1 aliphatic heterocycles. The van der Waals surface area contributed by atoms with Crippen molar-refractivity contribution in [1.82, 2.24) is 30.6 Å². The quantitative estimate of drug-likeness (QED) is 0.705. The number of rotatable bonds is 5. The summed E-state index contributed by atoms with van der Waals surface area (Å²) in [5.41, 5.74) is 2.75. The van der Waals surface area contributed by atoms with Crippen LogP contribution in [0.2, 0.25) is 0 Å². The second-order valence-electron chi connectivity index (χ2n) is 7.46. The Balaban J connectivity index is 1.37. The first-order chi connectivity index (χ1) is 14.0. The normalized spacial score (nSPS) is 16.0. The van der Waals surface area contributed by atoms with E-state index in [4.69, 9.17) is 4.74 Å².